The second-order valence-electron chi connectivity index (χ2n) is 12.4. The molecule has 3 aromatic rings. The van der Waals surface area contributed by atoms with Crippen LogP contribution in [0.2, 0.25) is 0 Å². The van der Waals surface area contributed by atoms with Gasteiger partial charge in [-0.25, -0.2) is 0 Å². The molecule has 0 aromatic heterocycles. The van der Waals surface area contributed by atoms with E-state index in [4.69, 9.17) is 0 Å². The highest BCUT2D eigenvalue weighted by Crippen LogP contribution is 2.54. The molecule has 0 bridgehead atoms. The van der Waals surface area contributed by atoms with E-state index in [1.54, 1.807) is 0 Å². The third kappa shape index (κ3) is 3.10. The van der Waals surface area contributed by atoms with Crippen LogP contribution in [0.1, 0.15) is 49.9 Å². The zero-order chi connectivity index (χ0) is 27.9. The number of rotatable bonds is 4. The molecule has 6 heteroatoms. The highest BCUT2D eigenvalue weighted by atomic mass is 16.2. The highest BCUT2D eigenvalue weighted by Gasteiger charge is 2.61. The number of anilines is 2. The topological polar surface area (TPSA) is 64.7 Å². The Morgan fingerprint density at radius 2 is 0.975 bits per heavy atom. The number of para-hydroxylation sites is 2. The average molecular weight is 531 g/mol. The van der Waals surface area contributed by atoms with Crippen LogP contribution in [0.5, 0.6) is 0 Å². The van der Waals surface area contributed by atoms with Gasteiger partial charge in [0.1, 0.15) is 11.3 Å². The van der Waals surface area contributed by atoms with Crippen LogP contribution < -0.4 is 20.4 Å². The fourth-order valence-corrected chi connectivity index (χ4v) is 7.43. The van der Waals surface area contributed by atoms with E-state index >= 15 is 0 Å². The third-order valence-corrected chi connectivity index (χ3v) is 9.73. The van der Waals surface area contributed by atoms with Crippen LogP contribution in [-0.4, -0.2) is 36.2 Å². The van der Waals surface area contributed by atoms with Crippen LogP contribution in [0.25, 0.3) is 12.2 Å². The smallest absolute Gasteiger partial charge is 0.241 e. The molecule has 7 rings (SSSR count). The van der Waals surface area contributed by atoms with Gasteiger partial charge >= 0.3 is 0 Å². The first-order valence-electron chi connectivity index (χ1n) is 13.9. The van der Waals surface area contributed by atoms with E-state index in [0.29, 0.717) is 13.1 Å². The van der Waals surface area contributed by atoms with Crippen LogP contribution in [0.15, 0.2) is 84.9 Å². The average Bonchev–Trinajstić information content (AvgIpc) is 3.58. The Kier molecular flexibility index (Phi) is 5.00. The van der Waals surface area contributed by atoms with Crippen molar-refractivity contribution >= 4 is 35.3 Å². The number of carbonyl (C=O) groups excluding carboxylic acids is 2. The Morgan fingerprint density at radius 3 is 1.38 bits per heavy atom. The van der Waals surface area contributed by atoms with Gasteiger partial charge in [0.05, 0.1) is 13.1 Å². The summed E-state index contributed by atoms with van der Waals surface area (Å²) in [5, 5.41) is 6.58. The van der Waals surface area contributed by atoms with Crippen molar-refractivity contribution in [1.82, 2.24) is 10.6 Å². The third-order valence-electron chi connectivity index (χ3n) is 9.73. The summed E-state index contributed by atoms with van der Waals surface area (Å²) >= 11 is 0. The fraction of sp³-hybridized carbons (Fsp3) is 0.294. The van der Waals surface area contributed by atoms with Crippen LogP contribution in [0, 0.1) is 0 Å². The Balaban J connectivity index is 1.17. The molecular formula is C34H34N4O2. The van der Waals surface area contributed by atoms with Crippen LogP contribution >= 0.6 is 0 Å². The van der Waals surface area contributed by atoms with Crippen molar-refractivity contribution in [3.05, 3.63) is 107 Å². The summed E-state index contributed by atoms with van der Waals surface area (Å²) in [5.74, 6) is 0.0780. The summed E-state index contributed by atoms with van der Waals surface area (Å²) < 4.78 is 0. The second-order valence-corrected chi connectivity index (χ2v) is 12.4. The van der Waals surface area contributed by atoms with Gasteiger partial charge in [-0.3, -0.25) is 9.59 Å². The molecule has 2 amide bonds. The summed E-state index contributed by atoms with van der Waals surface area (Å²) in [7, 11) is 0. The molecule has 2 atom stereocenters. The molecule has 4 aliphatic rings. The Hall–Kier alpha value is -4.32. The van der Waals surface area contributed by atoms with E-state index in [0.717, 1.165) is 22.5 Å². The number of nitrogens with zero attached hydrogens (tertiary/aromatic N) is 2. The van der Waals surface area contributed by atoms with Crippen LogP contribution in [0.4, 0.5) is 11.4 Å². The van der Waals surface area contributed by atoms with Gasteiger partial charge in [0.25, 0.3) is 0 Å². The van der Waals surface area contributed by atoms with Crippen molar-refractivity contribution in [3.63, 3.8) is 0 Å². The molecule has 4 aliphatic heterocycles. The molecule has 4 heterocycles. The molecule has 2 saturated heterocycles. The maximum absolute atomic E-state index is 12.6. The maximum atomic E-state index is 12.6. The van der Waals surface area contributed by atoms with Gasteiger partial charge in [-0.2, -0.15) is 0 Å². The number of hydrogen-bond donors (Lipinski definition) is 2. The van der Waals surface area contributed by atoms with E-state index < -0.39 is 11.3 Å². The summed E-state index contributed by atoms with van der Waals surface area (Å²) in [5.41, 5.74) is 5.01. The molecule has 0 spiro atoms. The fourth-order valence-electron chi connectivity index (χ4n) is 7.43. The SMILES string of the molecule is CC1(C)c2ccccc2N2CC(=O)N[C@@]21/C=C/c1ccc(/C=C/[C@]23NC(=O)CN2c2ccccc2C3(C)C)cc1. The molecule has 40 heavy (non-hydrogen) atoms. The second kappa shape index (κ2) is 8.10. The van der Waals surface area contributed by atoms with Crippen molar-refractivity contribution < 1.29 is 9.59 Å². The minimum Gasteiger partial charge on any atom is -0.335 e. The summed E-state index contributed by atoms with van der Waals surface area (Å²) in [6.45, 7) is 9.49. The normalized spacial score (nSPS) is 27.1. The molecule has 0 saturated carbocycles. The molecule has 6 nitrogen and oxygen atoms in total. The number of amides is 2. The van der Waals surface area contributed by atoms with E-state index in [2.05, 4.69) is 133 Å². The van der Waals surface area contributed by atoms with Gasteiger partial charge in [-0.15, -0.1) is 0 Å². The van der Waals surface area contributed by atoms with E-state index in [1.807, 2.05) is 12.1 Å². The van der Waals surface area contributed by atoms with Crippen molar-refractivity contribution in [1.29, 1.82) is 0 Å². The van der Waals surface area contributed by atoms with Gasteiger partial charge in [-0.05, 0) is 46.5 Å². The summed E-state index contributed by atoms with van der Waals surface area (Å²) in [6, 6.07) is 25.1. The van der Waals surface area contributed by atoms with Crippen LogP contribution in [-0.2, 0) is 20.4 Å². The molecule has 0 aliphatic carbocycles. The maximum Gasteiger partial charge on any atom is 0.241 e. The number of benzene rings is 3. The van der Waals surface area contributed by atoms with Crippen LogP contribution in [0.3, 0.4) is 0 Å². The lowest BCUT2D eigenvalue weighted by molar-refractivity contribution is -0.119. The number of fused-ring (bicyclic) bond motifs is 6. The van der Waals surface area contributed by atoms with Crippen molar-refractivity contribution in [3.8, 4) is 0 Å². The minimum atomic E-state index is -0.612. The summed E-state index contributed by atoms with van der Waals surface area (Å²) in [4.78, 5) is 29.6. The van der Waals surface area contributed by atoms with E-state index in [-0.39, 0.29) is 22.6 Å². The van der Waals surface area contributed by atoms with Crippen molar-refractivity contribution in [2.75, 3.05) is 22.9 Å². The largest absolute Gasteiger partial charge is 0.335 e. The van der Waals surface area contributed by atoms with Gasteiger partial charge in [-0.1, -0.05) is 101 Å². The predicted octanol–water partition coefficient (Wildman–Crippen LogP) is 4.96. The first-order valence-corrected chi connectivity index (χ1v) is 13.9. The lowest BCUT2D eigenvalue weighted by atomic mass is 9.75. The Morgan fingerprint density at radius 1 is 0.600 bits per heavy atom. The molecule has 0 unspecified atom stereocenters. The monoisotopic (exact) mass is 530 g/mol. The zero-order valence-electron chi connectivity index (χ0n) is 23.4. The van der Waals surface area contributed by atoms with Crippen molar-refractivity contribution in [2.24, 2.45) is 0 Å². The quantitative estimate of drug-likeness (QED) is 0.501. The minimum absolute atomic E-state index is 0.0390. The number of nitrogens with one attached hydrogen (secondary N) is 2. The Labute approximate surface area is 235 Å². The number of hydrogen-bond acceptors (Lipinski definition) is 4. The first kappa shape index (κ1) is 24.7. The number of carbonyl (C=O) groups is 2. The van der Waals surface area contributed by atoms with Gasteiger partial charge in [0.2, 0.25) is 11.8 Å². The van der Waals surface area contributed by atoms with Gasteiger partial charge in [0, 0.05) is 22.2 Å². The molecule has 0 radical (unpaired) electrons. The predicted molar refractivity (Wildman–Crippen MR) is 160 cm³/mol. The zero-order valence-corrected chi connectivity index (χ0v) is 23.4. The lowest BCUT2D eigenvalue weighted by Crippen LogP contribution is -2.58. The standard InChI is InChI=1S/C34H34N4O2/c1-31(2)25-9-5-7-11-27(25)37-21-29(39)35-33(31,37)19-17-23-13-15-24(16-14-23)18-20-34-32(3,4)26-10-6-8-12-28(26)38(34)22-30(40)36-34/h5-20H,21-22H2,1-4H3,(H,35,39)(H,36,40)/b19-17+,20-18+/t33-,34-/m0/s1. The van der Waals surface area contributed by atoms with E-state index in [9.17, 15) is 9.59 Å². The summed E-state index contributed by atoms with van der Waals surface area (Å²) in [6.07, 6.45) is 8.50. The lowest BCUT2D eigenvalue weighted by Gasteiger charge is -2.40. The molecule has 2 N–H and O–H groups in total. The van der Waals surface area contributed by atoms with Gasteiger partial charge < -0.3 is 20.4 Å². The van der Waals surface area contributed by atoms with Gasteiger partial charge in [0.15, 0.2) is 0 Å². The first-order chi connectivity index (χ1) is 19.1. The van der Waals surface area contributed by atoms with E-state index in [1.165, 1.54) is 11.1 Å². The molecule has 2 fully saturated rings. The van der Waals surface area contributed by atoms with Crippen molar-refractivity contribution in [2.45, 2.75) is 49.9 Å². The Bertz CT molecular complexity index is 1500. The highest BCUT2D eigenvalue weighted by molar-refractivity contribution is 5.92. The molecular weight excluding hydrogens is 496 g/mol. The molecule has 3 aromatic carbocycles. The molecule has 202 valence electrons.